The minimum absolute atomic E-state index is 0.0333. The molecular weight excluding hydrogens is 574 g/mol. The van der Waals surface area contributed by atoms with Crippen molar-refractivity contribution in [2.45, 2.75) is 51.2 Å². The average Bonchev–Trinajstić information content (AvgIpc) is 3.31. The van der Waals surface area contributed by atoms with E-state index in [4.69, 9.17) is 14.9 Å². The van der Waals surface area contributed by atoms with Crippen LogP contribution in [-0.4, -0.2) is 60.6 Å². The van der Waals surface area contributed by atoms with Crippen LogP contribution in [0.5, 0.6) is 5.75 Å². The van der Waals surface area contributed by atoms with E-state index in [0.717, 1.165) is 5.56 Å². The number of sulfonamides is 1. The molecule has 2 aromatic carbocycles. The molecule has 0 aliphatic rings. The summed E-state index contributed by atoms with van der Waals surface area (Å²) in [6.07, 6.45) is 1.66. The van der Waals surface area contributed by atoms with Crippen LogP contribution in [0.25, 0.3) is 11.1 Å². The lowest BCUT2D eigenvalue weighted by atomic mass is 10.0. The van der Waals surface area contributed by atoms with Crippen molar-refractivity contribution < 1.29 is 32.2 Å². The van der Waals surface area contributed by atoms with E-state index in [1.54, 1.807) is 13.8 Å². The molecule has 2 heterocycles. The monoisotopic (exact) mass is 611 g/mol. The van der Waals surface area contributed by atoms with E-state index < -0.39 is 28.1 Å². The predicted octanol–water partition coefficient (Wildman–Crippen LogP) is 2.47. The summed E-state index contributed by atoms with van der Waals surface area (Å²) in [4.78, 5) is 17.0. The standard InChI is InChI=1S/C30H37N5O7S/c1-19(2)14-35(43(39,40)23-10-11-24-27(13-23)42-30(31)33-24)17-26(36)25(12-22-8-6-5-7-9-22)32-28(37)18-41-29-20(3)15-34(38)16-21(29)4/h5-11,13,15-16,19,25-26,36H,12,14,17-18H2,1-4H3,(H2,31,33)(H,32,37)/t25-,26+/m0/s1. The van der Waals surface area contributed by atoms with Gasteiger partial charge in [0.25, 0.3) is 11.9 Å². The molecule has 0 fully saturated rings. The van der Waals surface area contributed by atoms with Gasteiger partial charge in [0, 0.05) is 19.2 Å². The normalized spacial score (nSPS) is 13.4. The first kappa shape index (κ1) is 31.7. The van der Waals surface area contributed by atoms with Crippen molar-refractivity contribution in [3.63, 3.8) is 0 Å². The van der Waals surface area contributed by atoms with Gasteiger partial charge in [0.2, 0.25) is 10.0 Å². The molecule has 0 radical (unpaired) electrons. The number of amides is 1. The Bertz CT molecular complexity index is 1650. The van der Waals surface area contributed by atoms with Gasteiger partial charge in [0.1, 0.15) is 11.3 Å². The lowest BCUT2D eigenvalue weighted by Gasteiger charge is -2.30. The molecular formula is C30H37N5O7S. The number of hydrogen-bond donors (Lipinski definition) is 3. The van der Waals surface area contributed by atoms with Crippen LogP contribution in [0.4, 0.5) is 6.01 Å². The maximum atomic E-state index is 13.8. The summed E-state index contributed by atoms with van der Waals surface area (Å²) >= 11 is 0. The number of nitrogens with one attached hydrogen (secondary N) is 1. The van der Waals surface area contributed by atoms with Crippen LogP contribution in [0.15, 0.2) is 70.2 Å². The number of pyridine rings is 1. The van der Waals surface area contributed by atoms with Crippen molar-refractivity contribution in [1.82, 2.24) is 14.6 Å². The molecule has 4 N–H and O–H groups in total. The number of aromatic nitrogens is 2. The Balaban J connectivity index is 1.55. The summed E-state index contributed by atoms with van der Waals surface area (Å²) in [6, 6.07) is 12.6. The second-order valence-corrected chi connectivity index (χ2v) is 12.9. The number of aliphatic hydroxyl groups is 1. The molecule has 2 atom stereocenters. The van der Waals surface area contributed by atoms with E-state index in [1.807, 2.05) is 44.2 Å². The SMILES string of the molecule is Cc1c[n+]([O-])cc(C)c1OCC(=O)N[C@@H](Cc1ccccc1)[C@H](O)CN(CC(C)C)S(=O)(=O)c1ccc2nc(N)oc2c1. The Morgan fingerprint density at radius 2 is 1.81 bits per heavy atom. The number of nitrogens with zero attached hydrogens (tertiary/aromatic N) is 3. The molecule has 2 aromatic heterocycles. The number of benzene rings is 2. The molecule has 0 saturated carbocycles. The van der Waals surface area contributed by atoms with E-state index in [0.29, 0.717) is 27.1 Å². The van der Waals surface area contributed by atoms with Crippen LogP contribution >= 0.6 is 0 Å². The van der Waals surface area contributed by atoms with Crippen LogP contribution < -0.4 is 20.5 Å². The maximum absolute atomic E-state index is 13.8. The van der Waals surface area contributed by atoms with Crippen molar-refractivity contribution in [2.75, 3.05) is 25.4 Å². The molecule has 0 spiro atoms. The number of ether oxygens (including phenoxy) is 1. The number of fused-ring (bicyclic) bond motifs is 1. The third kappa shape index (κ3) is 8.00. The zero-order valence-electron chi connectivity index (χ0n) is 24.6. The van der Waals surface area contributed by atoms with Crippen LogP contribution in [0, 0.1) is 25.0 Å². The molecule has 4 rings (SSSR count). The van der Waals surface area contributed by atoms with Crippen molar-refractivity contribution >= 4 is 33.0 Å². The summed E-state index contributed by atoms with van der Waals surface area (Å²) < 4.78 is 40.5. The Kier molecular flexibility index (Phi) is 9.89. The van der Waals surface area contributed by atoms with Crippen LogP contribution in [0.1, 0.15) is 30.5 Å². The third-order valence-corrected chi connectivity index (χ3v) is 8.62. The number of aryl methyl sites for hydroxylation is 2. The van der Waals surface area contributed by atoms with E-state index >= 15 is 0 Å². The third-order valence-electron chi connectivity index (χ3n) is 6.79. The first-order chi connectivity index (χ1) is 20.3. The number of carbonyl (C=O) groups is 1. The molecule has 230 valence electrons. The summed E-state index contributed by atoms with van der Waals surface area (Å²) in [6.45, 7) is 6.63. The highest BCUT2D eigenvalue weighted by Crippen LogP contribution is 2.25. The van der Waals surface area contributed by atoms with Gasteiger partial charge in [0.15, 0.2) is 24.6 Å². The molecule has 0 saturated heterocycles. The number of nitrogen functional groups attached to an aromatic ring is 1. The quantitative estimate of drug-likeness (QED) is 0.151. The van der Waals surface area contributed by atoms with Gasteiger partial charge >= 0.3 is 0 Å². The number of nitrogens with two attached hydrogens (primary N) is 1. The van der Waals surface area contributed by atoms with Crippen molar-refractivity contribution in [2.24, 2.45) is 5.92 Å². The van der Waals surface area contributed by atoms with Crippen molar-refractivity contribution in [1.29, 1.82) is 0 Å². The van der Waals surface area contributed by atoms with Crippen LogP contribution in [0.2, 0.25) is 0 Å². The highest BCUT2D eigenvalue weighted by Gasteiger charge is 2.32. The van der Waals surface area contributed by atoms with Gasteiger partial charge in [-0.3, -0.25) is 4.79 Å². The fraction of sp³-hybridized carbons (Fsp3) is 0.367. The molecule has 4 aromatic rings. The Hall–Kier alpha value is -4.20. The zero-order valence-corrected chi connectivity index (χ0v) is 25.4. The maximum Gasteiger partial charge on any atom is 0.292 e. The van der Waals surface area contributed by atoms with Crippen LogP contribution in [0.3, 0.4) is 0 Å². The van der Waals surface area contributed by atoms with E-state index in [1.165, 1.54) is 34.9 Å². The number of oxazole rings is 1. The van der Waals surface area contributed by atoms with Crippen molar-refractivity contribution in [3.05, 3.63) is 82.8 Å². The van der Waals surface area contributed by atoms with Gasteiger partial charge in [-0.05, 0) is 43.9 Å². The summed E-state index contributed by atoms with van der Waals surface area (Å²) in [5.74, 6) is -0.154. The second kappa shape index (κ2) is 13.4. The van der Waals surface area contributed by atoms with Gasteiger partial charge in [-0.15, -0.1) is 0 Å². The van der Waals surface area contributed by atoms with Gasteiger partial charge in [-0.2, -0.15) is 14.0 Å². The fourth-order valence-electron chi connectivity index (χ4n) is 4.86. The minimum atomic E-state index is -4.09. The first-order valence-corrected chi connectivity index (χ1v) is 15.3. The second-order valence-electron chi connectivity index (χ2n) is 10.9. The first-order valence-electron chi connectivity index (χ1n) is 13.8. The van der Waals surface area contributed by atoms with E-state index in [9.17, 15) is 23.5 Å². The Morgan fingerprint density at radius 1 is 1.14 bits per heavy atom. The lowest BCUT2D eigenvalue weighted by Crippen LogP contribution is -2.52. The fourth-order valence-corrected chi connectivity index (χ4v) is 6.50. The Labute approximate surface area is 250 Å². The molecule has 13 heteroatoms. The highest BCUT2D eigenvalue weighted by atomic mass is 32.2. The van der Waals surface area contributed by atoms with Gasteiger partial charge < -0.3 is 30.5 Å². The minimum Gasteiger partial charge on any atom is -0.619 e. The van der Waals surface area contributed by atoms with Crippen LogP contribution in [-0.2, 0) is 21.2 Å². The Morgan fingerprint density at radius 3 is 2.47 bits per heavy atom. The number of carbonyl (C=O) groups excluding carboxylic acids is 1. The molecule has 0 bridgehead atoms. The number of anilines is 1. The average molecular weight is 612 g/mol. The molecule has 0 aliphatic heterocycles. The molecule has 12 nitrogen and oxygen atoms in total. The summed E-state index contributed by atoms with van der Waals surface area (Å²) in [5, 5.41) is 25.9. The largest absolute Gasteiger partial charge is 0.619 e. The molecule has 0 aliphatic carbocycles. The van der Waals surface area contributed by atoms with Gasteiger partial charge in [-0.1, -0.05) is 44.2 Å². The van der Waals surface area contributed by atoms with Crippen molar-refractivity contribution in [3.8, 4) is 5.75 Å². The number of hydrogen-bond acceptors (Lipinski definition) is 9. The lowest BCUT2D eigenvalue weighted by molar-refractivity contribution is -0.606. The molecule has 0 unspecified atom stereocenters. The van der Waals surface area contributed by atoms with E-state index in [2.05, 4.69) is 10.3 Å². The van der Waals surface area contributed by atoms with E-state index in [-0.39, 0.29) is 48.5 Å². The number of rotatable bonds is 13. The topological polar surface area (TPSA) is 175 Å². The summed E-state index contributed by atoms with van der Waals surface area (Å²) in [5.41, 5.74) is 8.27. The number of aliphatic hydroxyl groups excluding tert-OH is 1. The molecule has 43 heavy (non-hydrogen) atoms. The predicted molar refractivity (Wildman–Crippen MR) is 160 cm³/mol. The summed E-state index contributed by atoms with van der Waals surface area (Å²) in [7, 11) is -4.09. The smallest absolute Gasteiger partial charge is 0.292 e. The van der Waals surface area contributed by atoms with Gasteiger partial charge in [-0.25, -0.2) is 8.42 Å². The zero-order chi connectivity index (χ0) is 31.3. The van der Waals surface area contributed by atoms with Gasteiger partial charge in [0.05, 0.1) is 28.2 Å². The molecule has 1 amide bonds. The highest BCUT2D eigenvalue weighted by molar-refractivity contribution is 7.89.